The highest BCUT2D eigenvalue weighted by Crippen LogP contribution is 2.16. The number of hydrogen-bond acceptors (Lipinski definition) is 3. The first-order chi connectivity index (χ1) is 8.72. The first-order valence-electron chi connectivity index (χ1n) is 6.43. The van der Waals surface area contributed by atoms with Crippen molar-refractivity contribution in [3.63, 3.8) is 0 Å². The molecule has 2 N–H and O–H groups in total. The van der Waals surface area contributed by atoms with Crippen molar-refractivity contribution in [1.82, 2.24) is 4.90 Å². The lowest BCUT2D eigenvalue weighted by molar-refractivity contribution is -0.140. The zero-order valence-corrected chi connectivity index (χ0v) is 10.7. The van der Waals surface area contributed by atoms with Crippen LogP contribution in [0, 0.1) is 0 Å². The molecule has 1 aromatic carbocycles. The van der Waals surface area contributed by atoms with E-state index in [9.17, 15) is 4.79 Å². The van der Waals surface area contributed by atoms with Gasteiger partial charge in [-0.3, -0.25) is 4.79 Å². The van der Waals surface area contributed by atoms with Gasteiger partial charge in [0.1, 0.15) is 6.04 Å². The molecule has 2 rings (SSSR count). The van der Waals surface area contributed by atoms with Crippen LogP contribution in [0.2, 0.25) is 0 Å². The monoisotopic (exact) mass is 248 g/mol. The van der Waals surface area contributed by atoms with Crippen LogP contribution in [-0.2, 0) is 9.53 Å². The molecule has 4 nitrogen and oxygen atoms in total. The van der Waals surface area contributed by atoms with E-state index in [-0.39, 0.29) is 12.0 Å². The Bertz CT molecular complexity index is 394. The summed E-state index contributed by atoms with van der Waals surface area (Å²) in [5.74, 6) is -0.0112. The number of carbonyl (C=O) groups excluding carboxylic acids is 1. The van der Waals surface area contributed by atoms with E-state index in [1.54, 1.807) is 0 Å². The van der Waals surface area contributed by atoms with Crippen molar-refractivity contribution in [1.29, 1.82) is 0 Å². The Hall–Kier alpha value is -1.39. The maximum atomic E-state index is 12.3. The summed E-state index contributed by atoms with van der Waals surface area (Å²) in [5, 5.41) is 0. The first kappa shape index (κ1) is 13.1. The van der Waals surface area contributed by atoms with E-state index >= 15 is 0 Å². The zero-order chi connectivity index (χ0) is 13.0. The molecule has 18 heavy (non-hydrogen) atoms. The number of rotatable bonds is 3. The predicted octanol–water partition coefficient (Wildman–Crippen LogP) is 1.32. The van der Waals surface area contributed by atoms with E-state index in [1.807, 2.05) is 35.2 Å². The van der Waals surface area contributed by atoms with Gasteiger partial charge < -0.3 is 15.4 Å². The van der Waals surface area contributed by atoms with Crippen molar-refractivity contribution < 1.29 is 9.53 Å². The fourth-order valence-electron chi connectivity index (χ4n) is 2.17. The van der Waals surface area contributed by atoms with Crippen LogP contribution in [0.4, 0.5) is 0 Å². The summed E-state index contributed by atoms with van der Waals surface area (Å²) in [6.45, 7) is 3.95. The largest absolute Gasteiger partial charge is 0.375 e. The highest BCUT2D eigenvalue weighted by molar-refractivity contribution is 5.83. The van der Waals surface area contributed by atoms with Crippen LogP contribution < -0.4 is 5.73 Å². The van der Waals surface area contributed by atoms with E-state index < -0.39 is 6.04 Å². The van der Waals surface area contributed by atoms with Gasteiger partial charge in [0, 0.05) is 13.1 Å². The predicted molar refractivity (Wildman–Crippen MR) is 70.0 cm³/mol. The molecular weight excluding hydrogens is 228 g/mol. The molecule has 1 fully saturated rings. The molecule has 0 unspecified atom stereocenters. The molecule has 0 saturated carbocycles. The lowest BCUT2D eigenvalue weighted by Crippen LogP contribution is -2.48. The van der Waals surface area contributed by atoms with E-state index in [1.165, 1.54) is 0 Å². The summed E-state index contributed by atoms with van der Waals surface area (Å²) in [4.78, 5) is 14.1. The summed E-state index contributed by atoms with van der Waals surface area (Å²) < 4.78 is 5.56. The fourth-order valence-corrected chi connectivity index (χ4v) is 2.17. The average molecular weight is 248 g/mol. The Morgan fingerprint density at radius 1 is 1.50 bits per heavy atom. The molecule has 2 atom stereocenters. The number of ether oxygens (including phenoxy) is 1. The Labute approximate surface area is 108 Å². The van der Waals surface area contributed by atoms with Gasteiger partial charge in [0.05, 0.1) is 12.7 Å². The van der Waals surface area contributed by atoms with Gasteiger partial charge in [0.15, 0.2) is 0 Å². The standard InChI is InChI=1S/C14H20N2O2/c1-2-12-10-16(8-9-18-12)14(17)13(15)11-6-4-3-5-7-11/h3-7,12-13H,2,8-10,15H2,1H3/t12-,13+/m1/s1. The van der Waals surface area contributed by atoms with Crippen LogP contribution in [0.25, 0.3) is 0 Å². The summed E-state index contributed by atoms with van der Waals surface area (Å²) in [5.41, 5.74) is 6.89. The smallest absolute Gasteiger partial charge is 0.244 e. The Morgan fingerprint density at radius 2 is 2.22 bits per heavy atom. The SMILES string of the molecule is CC[C@@H]1CN(C(=O)[C@@H](N)c2ccccc2)CCO1. The van der Waals surface area contributed by atoms with Crippen molar-refractivity contribution in [2.45, 2.75) is 25.5 Å². The normalized spacial score (nSPS) is 21.7. The second-order valence-corrected chi connectivity index (χ2v) is 4.57. The minimum absolute atomic E-state index is 0.0112. The molecule has 4 heteroatoms. The Kier molecular flexibility index (Phi) is 4.33. The number of amides is 1. The van der Waals surface area contributed by atoms with Crippen molar-refractivity contribution >= 4 is 5.91 Å². The van der Waals surface area contributed by atoms with Crippen LogP contribution in [0.3, 0.4) is 0 Å². The average Bonchev–Trinajstić information content (AvgIpc) is 2.46. The summed E-state index contributed by atoms with van der Waals surface area (Å²) in [6, 6.07) is 8.93. The van der Waals surface area contributed by atoms with Crippen LogP contribution in [0.15, 0.2) is 30.3 Å². The topological polar surface area (TPSA) is 55.6 Å². The van der Waals surface area contributed by atoms with Gasteiger partial charge in [-0.05, 0) is 12.0 Å². The van der Waals surface area contributed by atoms with E-state index in [0.717, 1.165) is 12.0 Å². The van der Waals surface area contributed by atoms with Gasteiger partial charge in [-0.2, -0.15) is 0 Å². The van der Waals surface area contributed by atoms with Gasteiger partial charge in [0.25, 0.3) is 0 Å². The molecule has 1 heterocycles. The molecule has 0 aliphatic carbocycles. The zero-order valence-electron chi connectivity index (χ0n) is 10.7. The van der Waals surface area contributed by atoms with Crippen LogP contribution in [-0.4, -0.2) is 36.6 Å². The summed E-state index contributed by atoms with van der Waals surface area (Å²) in [6.07, 6.45) is 1.07. The van der Waals surface area contributed by atoms with Crippen molar-refractivity contribution in [2.24, 2.45) is 5.73 Å². The minimum Gasteiger partial charge on any atom is -0.375 e. The maximum absolute atomic E-state index is 12.3. The number of nitrogens with two attached hydrogens (primary N) is 1. The second-order valence-electron chi connectivity index (χ2n) is 4.57. The third-order valence-electron chi connectivity index (χ3n) is 3.33. The Balaban J connectivity index is 2.02. The van der Waals surface area contributed by atoms with E-state index in [2.05, 4.69) is 6.92 Å². The van der Waals surface area contributed by atoms with Gasteiger partial charge >= 0.3 is 0 Å². The molecule has 1 saturated heterocycles. The van der Waals surface area contributed by atoms with Crippen LogP contribution in [0.5, 0.6) is 0 Å². The number of benzene rings is 1. The van der Waals surface area contributed by atoms with Gasteiger partial charge in [-0.25, -0.2) is 0 Å². The minimum atomic E-state index is -0.568. The molecule has 0 radical (unpaired) electrons. The third kappa shape index (κ3) is 2.89. The molecule has 0 spiro atoms. The van der Waals surface area contributed by atoms with Crippen LogP contribution in [0.1, 0.15) is 24.9 Å². The first-order valence-corrected chi connectivity index (χ1v) is 6.43. The number of nitrogens with zero attached hydrogens (tertiary/aromatic N) is 1. The van der Waals surface area contributed by atoms with Gasteiger partial charge in [-0.1, -0.05) is 37.3 Å². The van der Waals surface area contributed by atoms with Crippen molar-refractivity contribution in [2.75, 3.05) is 19.7 Å². The van der Waals surface area contributed by atoms with Crippen molar-refractivity contribution in [3.8, 4) is 0 Å². The quantitative estimate of drug-likeness (QED) is 0.878. The van der Waals surface area contributed by atoms with Crippen molar-refractivity contribution in [3.05, 3.63) is 35.9 Å². The molecule has 0 bridgehead atoms. The maximum Gasteiger partial charge on any atom is 0.244 e. The lowest BCUT2D eigenvalue weighted by Gasteiger charge is -2.34. The van der Waals surface area contributed by atoms with E-state index in [4.69, 9.17) is 10.5 Å². The number of carbonyl (C=O) groups is 1. The summed E-state index contributed by atoms with van der Waals surface area (Å²) in [7, 11) is 0. The molecule has 1 aromatic rings. The molecule has 1 aliphatic heterocycles. The second kappa shape index (κ2) is 5.98. The molecule has 1 amide bonds. The fraction of sp³-hybridized carbons (Fsp3) is 0.500. The molecule has 98 valence electrons. The summed E-state index contributed by atoms with van der Waals surface area (Å²) >= 11 is 0. The number of morpholine rings is 1. The molecule has 1 aliphatic rings. The van der Waals surface area contributed by atoms with Gasteiger partial charge in [-0.15, -0.1) is 0 Å². The van der Waals surface area contributed by atoms with E-state index in [0.29, 0.717) is 19.7 Å². The lowest BCUT2D eigenvalue weighted by atomic mass is 10.1. The molecular formula is C14H20N2O2. The highest BCUT2D eigenvalue weighted by atomic mass is 16.5. The van der Waals surface area contributed by atoms with Crippen LogP contribution >= 0.6 is 0 Å². The number of hydrogen-bond donors (Lipinski definition) is 1. The molecule has 0 aromatic heterocycles. The van der Waals surface area contributed by atoms with Gasteiger partial charge in [0.2, 0.25) is 5.91 Å². The highest BCUT2D eigenvalue weighted by Gasteiger charge is 2.27. The Morgan fingerprint density at radius 3 is 2.89 bits per heavy atom. The third-order valence-corrected chi connectivity index (χ3v) is 3.33.